The lowest BCUT2D eigenvalue weighted by atomic mass is 9.94. The Kier molecular flexibility index (Phi) is 3.28. The van der Waals surface area contributed by atoms with Gasteiger partial charge in [0.15, 0.2) is 5.78 Å². The Bertz CT molecular complexity index is 889. The van der Waals surface area contributed by atoms with Gasteiger partial charge in [-0.15, -0.1) is 11.3 Å². The molecule has 0 spiro atoms. The van der Waals surface area contributed by atoms with Gasteiger partial charge in [-0.25, -0.2) is 0 Å². The zero-order chi connectivity index (χ0) is 15.8. The summed E-state index contributed by atoms with van der Waals surface area (Å²) in [5.74, 6) is -1.25. The van der Waals surface area contributed by atoms with Gasteiger partial charge in [-0.2, -0.15) is 0 Å². The fraction of sp³-hybridized carbons (Fsp3) is 0.0556. The predicted molar refractivity (Wildman–Crippen MR) is 89.7 cm³/mol. The van der Waals surface area contributed by atoms with E-state index >= 15 is 0 Å². The molecule has 2 aromatic heterocycles. The first-order valence-electron chi connectivity index (χ1n) is 7.18. The van der Waals surface area contributed by atoms with Crippen molar-refractivity contribution in [1.29, 1.82) is 0 Å². The summed E-state index contributed by atoms with van der Waals surface area (Å²) in [6, 6.07) is 15.1. The number of carbonyl (C=O) groups excluding carboxylic acids is 2. The van der Waals surface area contributed by atoms with E-state index in [1.807, 2.05) is 47.8 Å². The van der Waals surface area contributed by atoms with E-state index in [1.54, 1.807) is 12.3 Å². The molecule has 1 aromatic carbocycles. The Morgan fingerprint density at radius 1 is 1.13 bits per heavy atom. The van der Waals surface area contributed by atoms with E-state index in [2.05, 4.69) is 10.3 Å². The number of hydrogen-bond donors (Lipinski definition) is 1. The van der Waals surface area contributed by atoms with Gasteiger partial charge in [0.05, 0.1) is 22.5 Å². The minimum absolute atomic E-state index is 0.165. The third-order valence-corrected chi connectivity index (χ3v) is 4.75. The summed E-state index contributed by atoms with van der Waals surface area (Å²) < 4.78 is 0. The molecule has 112 valence electrons. The second kappa shape index (κ2) is 5.44. The summed E-state index contributed by atoms with van der Waals surface area (Å²) in [6.45, 7) is 0. The highest BCUT2D eigenvalue weighted by Gasteiger charge is 2.37. The van der Waals surface area contributed by atoms with Gasteiger partial charge in [0, 0.05) is 5.56 Å². The molecule has 1 atom stereocenters. The first-order chi connectivity index (χ1) is 11.2. The molecule has 5 heteroatoms. The molecule has 0 saturated heterocycles. The number of nitrogens with zero attached hydrogens (tertiary/aromatic N) is 1. The average Bonchev–Trinajstić information content (AvgIpc) is 3.21. The quantitative estimate of drug-likeness (QED) is 0.591. The predicted octanol–water partition coefficient (Wildman–Crippen LogP) is 3.73. The first-order valence-corrected chi connectivity index (χ1v) is 8.06. The molecule has 3 aromatic rings. The summed E-state index contributed by atoms with van der Waals surface area (Å²) in [5, 5.41) is 4.59. The van der Waals surface area contributed by atoms with Crippen molar-refractivity contribution in [2.75, 3.05) is 5.32 Å². The largest absolute Gasteiger partial charge is 0.324 e. The molecule has 1 aliphatic rings. The molecular weight excluding hydrogens is 308 g/mol. The van der Waals surface area contributed by atoms with Gasteiger partial charge in [-0.3, -0.25) is 14.6 Å². The number of fused-ring (bicyclic) bond motifs is 1. The van der Waals surface area contributed by atoms with Crippen molar-refractivity contribution in [3.8, 4) is 11.3 Å². The van der Waals surface area contributed by atoms with Crippen LogP contribution < -0.4 is 5.32 Å². The van der Waals surface area contributed by atoms with E-state index in [4.69, 9.17) is 0 Å². The second-order valence-corrected chi connectivity index (χ2v) is 6.23. The topological polar surface area (TPSA) is 59.1 Å². The van der Waals surface area contributed by atoms with Crippen LogP contribution in [0.5, 0.6) is 0 Å². The molecule has 0 saturated carbocycles. The van der Waals surface area contributed by atoms with Gasteiger partial charge in [0.25, 0.3) is 0 Å². The maximum atomic E-state index is 12.7. The SMILES string of the molecule is O=C1Nc2cnc(-c3ccccc3)cc2C1C(=O)c1cccs1. The van der Waals surface area contributed by atoms with Crippen molar-refractivity contribution in [3.63, 3.8) is 0 Å². The van der Waals surface area contributed by atoms with Crippen LogP contribution in [0.25, 0.3) is 11.3 Å². The van der Waals surface area contributed by atoms with Crippen LogP contribution in [0.3, 0.4) is 0 Å². The van der Waals surface area contributed by atoms with Crippen molar-refractivity contribution in [3.05, 3.63) is 70.5 Å². The lowest BCUT2D eigenvalue weighted by molar-refractivity contribution is -0.116. The van der Waals surface area contributed by atoms with E-state index in [-0.39, 0.29) is 11.7 Å². The minimum Gasteiger partial charge on any atom is -0.324 e. The Morgan fingerprint density at radius 2 is 1.96 bits per heavy atom. The molecule has 0 aliphatic carbocycles. The molecule has 1 aliphatic heterocycles. The second-order valence-electron chi connectivity index (χ2n) is 5.29. The molecule has 4 nitrogen and oxygen atoms in total. The standard InChI is InChI=1S/C18H12N2O2S/c21-17(15-7-4-8-23-15)16-12-9-13(11-5-2-1-3-6-11)19-10-14(12)20-18(16)22/h1-10,16H,(H,20,22). The van der Waals surface area contributed by atoms with Crippen molar-refractivity contribution in [1.82, 2.24) is 4.98 Å². The molecule has 0 fully saturated rings. The van der Waals surface area contributed by atoms with E-state index in [1.165, 1.54) is 11.3 Å². The molecular formula is C18H12N2O2S. The van der Waals surface area contributed by atoms with Crippen LogP contribution in [0.1, 0.15) is 21.2 Å². The average molecular weight is 320 g/mol. The monoisotopic (exact) mass is 320 g/mol. The van der Waals surface area contributed by atoms with Gasteiger partial charge in [-0.05, 0) is 23.1 Å². The van der Waals surface area contributed by atoms with Gasteiger partial charge >= 0.3 is 0 Å². The number of Topliss-reactive ketones (excluding diaryl/α,β-unsaturated/α-hetero) is 1. The molecule has 1 unspecified atom stereocenters. The van der Waals surface area contributed by atoms with Crippen LogP contribution in [-0.2, 0) is 4.79 Å². The number of rotatable bonds is 3. The summed E-state index contributed by atoms with van der Waals surface area (Å²) in [7, 11) is 0. The molecule has 3 heterocycles. The molecule has 23 heavy (non-hydrogen) atoms. The highest BCUT2D eigenvalue weighted by Crippen LogP contribution is 2.37. The Labute approximate surface area is 136 Å². The number of pyridine rings is 1. The third-order valence-electron chi connectivity index (χ3n) is 3.86. The summed E-state index contributed by atoms with van der Waals surface area (Å²) in [6.07, 6.45) is 1.62. The van der Waals surface area contributed by atoms with Gasteiger partial charge in [0.2, 0.25) is 5.91 Å². The zero-order valence-electron chi connectivity index (χ0n) is 12.0. The van der Waals surface area contributed by atoms with Gasteiger partial charge in [-0.1, -0.05) is 36.4 Å². The Morgan fingerprint density at radius 3 is 2.70 bits per heavy atom. The number of nitrogens with one attached hydrogen (secondary N) is 1. The van der Waals surface area contributed by atoms with E-state index in [0.29, 0.717) is 16.1 Å². The highest BCUT2D eigenvalue weighted by molar-refractivity contribution is 7.12. The summed E-state index contributed by atoms with van der Waals surface area (Å²) >= 11 is 1.35. The smallest absolute Gasteiger partial charge is 0.239 e. The first kappa shape index (κ1) is 13.8. The van der Waals surface area contributed by atoms with Crippen LogP contribution in [-0.4, -0.2) is 16.7 Å². The molecule has 0 radical (unpaired) electrons. The van der Waals surface area contributed by atoms with Crippen LogP contribution >= 0.6 is 11.3 Å². The number of ketones is 1. The minimum atomic E-state index is -0.797. The number of anilines is 1. The molecule has 0 bridgehead atoms. The lowest BCUT2D eigenvalue weighted by Gasteiger charge is -2.08. The van der Waals surface area contributed by atoms with Crippen LogP contribution in [0, 0.1) is 0 Å². The molecule has 4 rings (SSSR count). The third kappa shape index (κ3) is 2.35. The lowest BCUT2D eigenvalue weighted by Crippen LogP contribution is -2.20. The number of benzene rings is 1. The Balaban J connectivity index is 1.78. The highest BCUT2D eigenvalue weighted by atomic mass is 32.1. The van der Waals surface area contributed by atoms with Gasteiger partial charge in [0.1, 0.15) is 5.92 Å². The van der Waals surface area contributed by atoms with Crippen molar-refractivity contribution < 1.29 is 9.59 Å². The van der Waals surface area contributed by atoms with Crippen molar-refractivity contribution in [2.24, 2.45) is 0 Å². The van der Waals surface area contributed by atoms with Crippen molar-refractivity contribution >= 4 is 28.7 Å². The summed E-state index contributed by atoms with van der Waals surface area (Å²) in [5.41, 5.74) is 3.02. The van der Waals surface area contributed by atoms with Crippen LogP contribution in [0.2, 0.25) is 0 Å². The number of carbonyl (C=O) groups is 2. The van der Waals surface area contributed by atoms with Crippen LogP contribution in [0.15, 0.2) is 60.1 Å². The molecule has 1 N–H and O–H groups in total. The van der Waals surface area contributed by atoms with E-state index in [0.717, 1.165) is 11.3 Å². The normalized spacial score (nSPS) is 16.0. The number of aromatic nitrogens is 1. The zero-order valence-corrected chi connectivity index (χ0v) is 12.8. The summed E-state index contributed by atoms with van der Waals surface area (Å²) in [4.78, 5) is 29.9. The van der Waals surface area contributed by atoms with Crippen LogP contribution in [0.4, 0.5) is 5.69 Å². The van der Waals surface area contributed by atoms with Crippen molar-refractivity contribution in [2.45, 2.75) is 5.92 Å². The maximum Gasteiger partial charge on any atom is 0.239 e. The maximum absolute atomic E-state index is 12.7. The number of amides is 1. The fourth-order valence-corrected chi connectivity index (χ4v) is 3.44. The van der Waals surface area contributed by atoms with E-state index in [9.17, 15) is 9.59 Å². The molecule has 1 amide bonds. The number of thiophene rings is 1. The Hall–Kier alpha value is -2.79. The number of hydrogen-bond acceptors (Lipinski definition) is 4. The van der Waals surface area contributed by atoms with E-state index < -0.39 is 5.92 Å². The fourth-order valence-electron chi connectivity index (χ4n) is 2.75. The van der Waals surface area contributed by atoms with Gasteiger partial charge < -0.3 is 5.32 Å².